The van der Waals surface area contributed by atoms with Crippen LogP contribution in [0.15, 0.2) is 0 Å². The van der Waals surface area contributed by atoms with E-state index in [1.165, 1.54) is 25.7 Å². The van der Waals surface area contributed by atoms with Crippen molar-refractivity contribution in [2.45, 2.75) is 45.6 Å². The zero-order valence-electron chi connectivity index (χ0n) is 12.5. The molecular weight excluding hydrogens is 238 g/mol. The number of rotatable bonds is 7. The van der Waals surface area contributed by atoms with E-state index in [4.69, 9.17) is 0 Å². The number of amides is 1. The Balaban J connectivity index is 1.78. The lowest BCUT2D eigenvalue weighted by atomic mass is 9.97. The molecule has 0 spiro atoms. The smallest absolute Gasteiger partial charge is 0.236 e. The average molecular weight is 267 g/mol. The molecule has 2 rings (SSSR count). The van der Waals surface area contributed by atoms with Crippen molar-refractivity contribution in [3.8, 4) is 0 Å². The molecule has 1 aliphatic heterocycles. The Bertz CT molecular complexity index is 285. The topological polar surface area (TPSA) is 35.6 Å². The number of nitrogens with zero attached hydrogens (tertiary/aromatic N) is 2. The molecule has 0 aromatic heterocycles. The second-order valence-electron chi connectivity index (χ2n) is 5.93. The Morgan fingerprint density at radius 3 is 2.32 bits per heavy atom. The van der Waals surface area contributed by atoms with Crippen molar-refractivity contribution in [1.82, 2.24) is 15.1 Å². The molecule has 2 fully saturated rings. The summed E-state index contributed by atoms with van der Waals surface area (Å²) in [4.78, 5) is 16.7. The first kappa shape index (κ1) is 14.8. The van der Waals surface area contributed by atoms with Gasteiger partial charge in [0.05, 0.1) is 6.54 Å². The highest BCUT2D eigenvalue weighted by atomic mass is 16.2. The zero-order valence-corrected chi connectivity index (χ0v) is 12.5. The molecule has 2 aliphatic rings. The van der Waals surface area contributed by atoms with Gasteiger partial charge in [0, 0.05) is 19.1 Å². The predicted molar refractivity (Wildman–Crippen MR) is 78.1 cm³/mol. The van der Waals surface area contributed by atoms with E-state index in [-0.39, 0.29) is 0 Å². The third kappa shape index (κ3) is 4.46. The lowest BCUT2D eigenvalue weighted by molar-refractivity contribution is -0.132. The number of piperidine rings is 1. The van der Waals surface area contributed by atoms with Crippen LogP contribution in [0.4, 0.5) is 0 Å². The molecule has 19 heavy (non-hydrogen) atoms. The Labute approximate surface area is 117 Å². The second-order valence-corrected chi connectivity index (χ2v) is 5.93. The molecule has 4 nitrogen and oxygen atoms in total. The number of carbonyl (C=O) groups excluding carboxylic acids is 1. The number of nitrogens with one attached hydrogen (secondary N) is 1. The van der Waals surface area contributed by atoms with Crippen LogP contribution in [-0.2, 0) is 4.79 Å². The summed E-state index contributed by atoms with van der Waals surface area (Å²) in [7, 11) is 0. The largest absolute Gasteiger partial charge is 0.339 e. The van der Waals surface area contributed by atoms with E-state index in [0.29, 0.717) is 18.5 Å². The van der Waals surface area contributed by atoms with Crippen molar-refractivity contribution in [3.63, 3.8) is 0 Å². The van der Waals surface area contributed by atoms with Crippen LogP contribution < -0.4 is 5.32 Å². The molecule has 0 radical (unpaired) electrons. The van der Waals surface area contributed by atoms with Gasteiger partial charge >= 0.3 is 0 Å². The molecule has 0 atom stereocenters. The Morgan fingerprint density at radius 2 is 1.79 bits per heavy atom. The van der Waals surface area contributed by atoms with Crippen LogP contribution in [0.25, 0.3) is 0 Å². The maximum absolute atomic E-state index is 12.3. The summed E-state index contributed by atoms with van der Waals surface area (Å²) in [6.07, 6.45) is 4.93. The van der Waals surface area contributed by atoms with E-state index in [1.807, 2.05) is 0 Å². The quantitative estimate of drug-likeness (QED) is 0.755. The fourth-order valence-corrected chi connectivity index (χ4v) is 3.04. The summed E-state index contributed by atoms with van der Waals surface area (Å²) in [6.45, 7) is 10.1. The highest BCUT2D eigenvalue weighted by Gasteiger charge is 2.31. The molecule has 0 aromatic rings. The molecule has 0 bridgehead atoms. The zero-order chi connectivity index (χ0) is 13.7. The van der Waals surface area contributed by atoms with E-state index >= 15 is 0 Å². The highest BCUT2D eigenvalue weighted by molar-refractivity contribution is 5.78. The Kier molecular flexibility index (Phi) is 5.64. The molecule has 1 N–H and O–H groups in total. The van der Waals surface area contributed by atoms with Gasteiger partial charge in [-0.25, -0.2) is 0 Å². The van der Waals surface area contributed by atoms with Crippen molar-refractivity contribution >= 4 is 5.91 Å². The van der Waals surface area contributed by atoms with Crippen LogP contribution in [0.3, 0.4) is 0 Å². The van der Waals surface area contributed by atoms with E-state index in [9.17, 15) is 4.79 Å². The maximum Gasteiger partial charge on any atom is 0.236 e. The van der Waals surface area contributed by atoms with Gasteiger partial charge in [-0.3, -0.25) is 9.69 Å². The second kappa shape index (κ2) is 7.25. The fourth-order valence-electron chi connectivity index (χ4n) is 3.04. The fraction of sp³-hybridized carbons (Fsp3) is 0.933. The monoisotopic (exact) mass is 267 g/mol. The third-order valence-corrected chi connectivity index (χ3v) is 4.43. The van der Waals surface area contributed by atoms with E-state index in [0.717, 1.165) is 38.6 Å². The molecule has 1 heterocycles. The summed E-state index contributed by atoms with van der Waals surface area (Å²) < 4.78 is 0. The number of hydrogen-bond acceptors (Lipinski definition) is 3. The average Bonchev–Trinajstić information content (AvgIpc) is 3.24. The summed E-state index contributed by atoms with van der Waals surface area (Å²) >= 11 is 0. The Morgan fingerprint density at radius 1 is 1.11 bits per heavy atom. The number of likely N-dealkylation sites (N-methyl/N-ethyl adjacent to an activating group) is 2. The standard InChI is InChI=1S/C15H29N3O/c1-3-17(11-13-7-9-16-10-8-13)12-15(19)18(4-2)14-5-6-14/h13-14,16H,3-12H2,1-2H3. The van der Waals surface area contributed by atoms with Gasteiger partial charge in [-0.2, -0.15) is 0 Å². The minimum Gasteiger partial charge on any atom is -0.339 e. The van der Waals surface area contributed by atoms with Crippen molar-refractivity contribution in [2.24, 2.45) is 5.92 Å². The molecular formula is C15H29N3O. The SMILES string of the molecule is CCN(CC(=O)N(CC)C1CC1)CC1CCNCC1. The number of hydrogen-bond donors (Lipinski definition) is 1. The van der Waals surface area contributed by atoms with Gasteiger partial charge in [0.1, 0.15) is 0 Å². The first-order chi connectivity index (χ1) is 9.24. The van der Waals surface area contributed by atoms with Crippen LogP contribution in [0.1, 0.15) is 39.5 Å². The van der Waals surface area contributed by atoms with E-state index < -0.39 is 0 Å². The molecule has 1 saturated heterocycles. The molecule has 0 aromatic carbocycles. The van der Waals surface area contributed by atoms with Crippen LogP contribution in [0, 0.1) is 5.92 Å². The van der Waals surface area contributed by atoms with Crippen molar-refractivity contribution in [3.05, 3.63) is 0 Å². The predicted octanol–water partition coefficient (Wildman–Crippen LogP) is 1.32. The van der Waals surface area contributed by atoms with Crippen LogP contribution in [0.5, 0.6) is 0 Å². The van der Waals surface area contributed by atoms with Crippen LogP contribution in [0.2, 0.25) is 0 Å². The number of carbonyl (C=O) groups is 1. The van der Waals surface area contributed by atoms with Crippen LogP contribution in [-0.4, -0.2) is 61.0 Å². The summed E-state index contributed by atoms with van der Waals surface area (Å²) in [5, 5.41) is 3.40. The van der Waals surface area contributed by atoms with Gasteiger partial charge < -0.3 is 10.2 Å². The van der Waals surface area contributed by atoms with E-state index in [2.05, 4.69) is 29.0 Å². The lowest BCUT2D eigenvalue weighted by Crippen LogP contribution is -2.44. The van der Waals surface area contributed by atoms with Crippen molar-refractivity contribution < 1.29 is 4.79 Å². The first-order valence-electron chi connectivity index (χ1n) is 7.97. The third-order valence-electron chi connectivity index (χ3n) is 4.43. The van der Waals surface area contributed by atoms with Gasteiger partial charge in [-0.15, -0.1) is 0 Å². The van der Waals surface area contributed by atoms with Gasteiger partial charge in [-0.1, -0.05) is 6.92 Å². The minimum atomic E-state index is 0.334. The van der Waals surface area contributed by atoms with Gasteiger partial charge in [0.15, 0.2) is 0 Å². The molecule has 110 valence electrons. The normalized spacial score (nSPS) is 20.8. The summed E-state index contributed by atoms with van der Waals surface area (Å²) in [5.41, 5.74) is 0. The Hall–Kier alpha value is -0.610. The first-order valence-corrected chi connectivity index (χ1v) is 7.97. The molecule has 1 saturated carbocycles. The molecule has 4 heteroatoms. The van der Waals surface area contributed by atoms with Gasteiger partial charge in [0.25, 0.3) is 0 Å². The molecule has 0 unspecified atom stereocenters. The van der Waals surface area contributed by atoms with Crippen molar-refractivity contribution in [2.75, 3.05) is 39.3 Å². The van der Waals surface area contributed by atoms with Crippen LogP contribution >= 0.6 is 0 Å². The molecule has 1 amide bonds. The lowest BCUT2D eigenvalue weighted by Gasteiger charge is -2.30. The highest BCUT2D eigenvalue weighted by Crippen LogP contribution is 2.26. The maximum atomic E-state index is 12.3. The summed E-state index contributed by atoms with van der Waals surface area (Å²) in [5.74, 6) is 1.10. The van der Waals surface area contributed by atoms with Gasteiger partial charge in [-0.05, 0) is 58.2 Å². The van der Waals surface area contributed by atoms with Crippen molar-refractivity contribution in [1.29, 1.82) is 0 Å². The molecule has 1 aliphatic carbocycles. The van der Waals surface area contributed by atoms with E-state index in [1.54, 1.807) is 0 Å². The summed E-state index contributed by atoms with van der Waals surface area (Å²) in [6, 6.07) is 0.551. The van der Waals surface area contributed by atoms with Gasteiger partial charge in [0.2, 0.25) is 5.91 Å². The minimum absolute atomic E-state index is 0.334.